The number of cyclic esters (lactones) is 1. The Balaban J connectivity index is 1.71. The molecule has 2 amide bonds. The summed E-state index contributed by atoms with van der Waals surface area (Å²) in [5, 5.41) is 0. The van der Waals surface area contributed by atoms with Gasteiger partial charge in [0.05, 0.1) is 17.7 Å². The number of hydrogen-bond acceptors (Lipinski definition) is 8. The zero-order valence-corrected chi connectivity index (χ0v) is 23.0. The van der Waals surface area contributed by atoms with Crippen LogP contribution in [0.15, 0.2) is 24.4 Å². The number of unbranched alkanes of at least 4 members (excludes halogenated alkanes) is 1. The fourth-order valence-corrected chi connectivity index (χ4v) is 4.59. The number of nitrogens with zero attached hydrogens (tertiary/aromatic N) is 3. The molecule has 0 bridgehead atoms. The molecule has 10 nitrogen and oxygen atoms in total. The van der Waals surface area contributed by atoms with Gasteiger partial charge in [0.1, 0.15) is 18.0 Å². The number of fused-ring (bicyclic) bond motifs is 1. The van der Waals surface area contributed by atoms with E-state index < -0.39 is 23.7 Å². The van der Waals surface area contributed by atoms with Crippen molar-refractivity contribution in [3.05, 3.63) is 41.5 Å². The lowest BCUT2D eigenvalue weighted by Gasteiger charge is -2.27. The Morgan fingerprint density at radius 3 is 2.58 bits per heavy atom. The minimum Gasteiger partial charge on any atom is -0.454 e. The van der Waals surface area contributed by atoms with E-state index in [0.717, 1.165) is 12.8 Å². The molecule has 0 spiro atoms. The van der Waals surface area contributed by atoms with Crippen molar-refractivity contribution in [3.8, 4) is 11.5 Å². The van der Waals surface area contributed by atoms with Gasteiger partial charge in [0.2, 0.25) is 12.7 Å². The molecule has 0 radical (unpaired) electrons. The fraction of sp³-hybridized carbons (Fsp3) is 0.571. The van der Waals surface area contributed by atoms with Crippen molar-refractivity contribution in [3.63, 3.8) is 0 Å². The average Bonchev–Trinajstić information content (AvgIpc) is 3.57. The summed E-state index contributed by atoms with van der Waals surface area (Å²) in [5.41, 5.74) is 0.534. The number of imidazole rings is 1. The molecule has 0 N–H and O–H groups in total. The van der Waals surface area contributed by atoms with Gasteiger partial charge >= 0.3 is 12.2 Å². The Labute approximate surface area is 223 Å². The molecule has 2 aromatic rings. The van der Waals surface area contributed by atoms with Crippen LogP contribution >= 0.6 is 0 Å². The molecule has 3 heterocycles. The number of aromatic nitrogens is 2. The van der Waals surface area contributed by atoms with Gasteiger partial charge in [0, 0.05) is 19.0 Å². The normalized spacial score (nSPS) is 17.6. The van der Waals surface area contributed by atoms with Gasteiger partial charge in [0.25, 0.3) is 0 Å². The smallest absolute Gasteiger partial charge is 0.419 e. The van der Waals surface area contributed by atoms with Gasteiger partial charge in [-0.25, -0.2) is 24.0 Å². The second-order valence-electron chi connectivity index (χ2n) is 11.1. The average molecular weight is 528 g/mol. The summed E-state index contributed by atoms with van der Waals surface area (Å²) >= 11 is 0. The highest BCUT2D eigenvalue weighted by Crippen LogP contribution is 2.37. The molecule has 10 heteroatoms. The zero-order valence-electron chi connectivity index (χ0n) is 23.0. The molecule has 2 atom stereocenters. The molecule has 1 saturated heterocycles. The number of aryl methyl sites for hydroxylation is 1. The lowest BCUT2D eigenvalue weighted by atomic mass is 9.91. The monoisotopic (exact) mass is 527 g/mol. The van der Waals surface area contributed by atoms with Gasteiger partial charge in [-0.1, -0.05) is 33.3 Å². The summed E-state index contributed by atoms with van der Waals surface area (Å²) in [5.74, 6) is 0.581. The number of ether oxygens (including phenoxy) is 4. The van der Waals surface area contributed by atoms with Crippen LogP contribution in [0.5, 0.6) is 11.5 Å². The van der Waals surface area contributed by atoms with Crippen LogP contribution in [0, 0.1) is 5.92 Å². The first-order chi connectivity index (χ1) is 18.0. The van der Waals surface area contributed by atoms with Crippen LogP contribution in [0.3, 0.4) is 0 Å². The van der Waals surface area contributed by atoms with Gasteiger partial charge in [-0.2, -0.15) is 0 Å². The van der Waals surface area contributed by atoms with E-state index >= 15 is 0 Å². The van der Waals surface area contributed by atoms with Crippen molar-refractivity contribution >= 4 is 18.1 Å². The lowest BCUT2D eigenvalue weighted by Crippen LogP contribution is -2.44. The maximum Gasteiger partial charge on any atom is 0.419 e. The van der Waals surface area contributed by atoms with Crippen LogP contribution in [-0.2, 0) is 27.1 Å². The van der Waals surface area contributed by atoms with Crippen LogP contribution in [0.25, 0.3) is 0 Å². The molecule has 2 aliphatic rings. The van der Waals surface area contributed by atoms with Crippen molar-refractivity contribution in [2.75, 3.05) is 13.4 Å². The molecular weight excluding hydrogens is 490 g/mol. The SMILES string of the molecule is CCCCc1nc(CC(C(=O)N2C(=O)OC[C@@H]2C(C)C)c2ccc3c(c2)OCO3)cn1C(=O)OC(C)(C)C. The third-order valence-electron chi connectivity index (χ3n) is 6.60. The summed E-state index contributed by atoms with van der Waals surface area (Å²) in [6, 6.07) is 4.95. The Bertz CT molecular complexity index is 1200. The number of carbonyl (C=O) groups excluding carboxylic acids is 3. The second kappa shape index (κ2) is 11.0. The Hall–Kier alpha value is -3.56. The Kier molecular flexibility index (Phi) is 7.99. The van der Waals surface area contributed by atoms with E-state index in [9.17, 15) is 14.4 Å². The molecule has 1 aromatic carbocycles. The molecular formula is C28H37N3O7. The first kappa shape index (κ1) is 27.5. The zero-order chi connectivity index (χ0) is 27.6. The summed E-state index contributed by atoms with van der Waals surface area (Å²) in [6.07, 6.45) is 3.00. The summed E-state index contributed by atoms with van der Waals surface area (Å²) in [4.78, 5) is 45.6. The largest absolute Gasteiger partial charge is 0.454 e. The van der Waals surface area contributed by atoms with E-state index in [4.69, 9.17) is 23.9 Å². The van der Waals surface area contributed by atoms with Gasteiger partial charge in [-0.05, 0) is 50.8 Å². The summed E-state index contributed by atoms with van der Waals surface area (Å²) in [6.45, 7) is 11.7. The topological polar surface area (TPSA) is 109 Å². The number of amides is 2. The molecule has 1 aromatic heterocycles. The minimum atomic E-state index is -0.766. The van der Waals surface area contributed by atoms with Crippen molar-refractivity contribution in [1.82, 2.24) is 14.5 Å². The maximum absolute atomic E-state index is 14.0. The number of benzene rings is 1. The van der Waals surface area contributed by atoms with Crippen LogP contribution in [0.4, 0.5) is 9.59 Å². The van der Waals surface area contributed by atoms with E-state index in [2.05, 4.69) is 6.92 Å². The van der Waals surface area contributed by atoms with Crippen LogP contribution in [-0.4, -0.2) is 57.6 Å². The molecule has 4 rings (SSSR count). The van der Waals surface area contributed by atoms with Crippen molar-refractivity contribution < 1.29 is 33.3 Å². The highest BCUT2D eigenvalue weighted by atomic mass is 16.7. The first-order valence-electron chi connectivity index (χ1n) is 13.2. The molecule has 2 aliphatic heterocycles. The van der Waals surface area contributed by atoms with Crippen molar-refractivity contribution in [2.24, 2.45) is 5.92 Å². The van der Waals surface area contributed by atoms with E-state index in [1.807, 2.05) is 34.6 Å². The predicted octanol–water partition coefficient (Wildman–Crippen LogP) is 5.07. The Morgan fingerprint density at radius 1 is 1.16 bits per heavy atom. The second-order valence-corrected chi connectivity index (χ2v) is 11.1. The molecule has 1 unspecified atom stereocenters. The van der Waals surface area contributed by atoms with Crippen LogP contribution in [0.1, 0.15) is 77.4 Å². The van der Waals surface area contributed by atoms with Crippen LogP contribution < -0.4 is 9.47 Å². The number of hydrogen-bond donors (Lipinski definition) is 0. The fourth-order valence-electron chi connectivity index (χ4n) is 4.59. The first-order valence-corrected chi connectivity index (χ1v) is 13.2. The minimum absolute atomic E-state index is 0.0230. The molecule has 0 saturated carbocycles. The molecule has 206 valence electrons. The van der Waals surface area contributed by atoms with Crippen molar-refractivity contribution in [1.29, 1.82) is 0 Å². The quantitative estimate of drug-likeness (QED) is 0.468. The molecule has 1 fully saturated rings. The summed E-state index contributed by atoms with van der Waals surface area (Å²) in [7, 11) is 0. The predicted molar refractivity (Wildman–Crippen MR) is 138 cm³/mol. The van der Waals surface area contributed by atoms with E-state index in [1.165, 1.54) is 9.47 Å². The Morgan fingerprint density at radius 2 is 1.89 bits per heavy atom. The van der Waals surface area contributed by atoms with E-state index in [-0.39, 0.29) is 37.7 Å². The van der Waals surface area contributed by atoms with Gasteiger partial charge in [-0.15, -0.1) is 0 Å². The highest BCUT2D eigenvalue weighted by molar-refractivity contribution is 5.97. The molecule has 38 heavy (non-hydrogen) atoms. The van der Waals surface area contributed by atoms with Gasteiger partial charge in [-0.3, -0.25) is 4.79 Å². The van der Waals surface area contributed by atoms with E-state index in [1.54, 1.807) is 24.4 Å². The van der Waals surface area contributed by atoms with Gasteiger partial charge < -0.3 is 18.9 Å². The highest BCUT2D eigenvalue weighted by Gasteiger charge is 2.43. The van der Waals surface area contributed by atoms with Gasteiger partial charge in [0.15, 0.2) is 11.5 Å². The van der Waals surface area contributed by atoms with Crippen LogP contribution in [0.2, 0.25) is 0 Å². The third-order valence-corrected chi connectivity index (χ3v) is 6.60. The number of imide groups is 1. The number of rotatable bonds is 8. The summed E-state index contributed by atoms with van der Waals surface area (Å²) < 4.78 is 23.3. The van der Waals surface area contributed by atoms with E-state index in [0.29, 0.717) is 35.0 Å². The lowest BCUT2D eigenvalue weighted by molar-refractivity contribution is -0.131. The van der Waals surface area contributed by atoms with Crippen molar-refractivity contribution in [2.45, 2.75) is 84.8 Å². The maximum atomic E-state index is 14.0. The number of carbonyl (C=O) groups is 3. The standard InChI is InChI=1S/C28H37N3O7/c1-7-8-9-24-29-19(14-30(24)26(33)38-28(4,5)6)13-20(18-10-11-22-23(12-18)37-16-36-22)25(32)31-21(17(2)3)15-35-27(31)34/h10-12,14,17,20-21H,7-9,13,15-16H2,1-6H3/t20?,21-/m1/s1. The molecule has 0 aliphatic carbocycles. The third kappa shape index (κ3) is 5.95.